The van der Waals surface area contributed by atoms with E-state index in [0.717, 1.165) is 11.3 Å². The highest BCUT2D eigenvalue weighted by Crippen LogP contribution is 2.19. The van der Waals surface area contributed by atoms with Crippen molar-refractivity contribution < 1.29 is 9.50 Å². The van der Waals surface area contributed by atoms with Crippen LogP contribution in [0, 0.1) is 17.1 Å². The van der Waals surface area contributed by atoms with Gasteiger partial charge in [0.2, 0.25) is 0 Å². The number of halogens is 1. The first-order chi connectivity index (χ1) is 9.19. The van der Waals surface area contributed by atoms with Gasteiger partial charge in [-0.15, -0.1) is 0 Å². The highest BCUT2D eigenvalue weighted by molar-refractivity contribution is 5.46. The summed E-state index contributed by atoms with van der Waals surface area (Å²) in [7, 11) is 0. The van der Waals surface area contributed by atoms with Crippen molar-refractivity contribution >= 4 is 5.69 Å². The molecule has 0 heterocycles. The summed E-state index contributed by atoms with van der Waals surface area (Å²) < 4.78 is 13.0. The minimum atomic E-state index is -0.376. The van der Waals surface area contributed by atoms with Crippen LogP contribution in [0.1, 0.15) is 11.1 Å². The van der Waals surface area contributed by atoms with Crippen LogP contribution in [-0.2, 0) is 13.0 Å². The lowest BCUT2D eigenvalue weighted by molar-refractivity contribution is 0.466. The first kappa shape index (κ1) is 12.9. The molecule has 3 nitrogen and oxygen atoms in total. The number of phenols is 1. The first-order valence-electron chi connectivity index (χ1n) is 5.86. The molecule has 0 unspecified atom stereocenters. The van der Waals surface area contributed by atoms with Crippen LogP contribution in [0.3, 0.4) is 0 Å². The van der Waals surface area contributed by atoms with Gasteiger partial charge in [-0.3, -0.25) is 0 Å². The van der Waals surface area contributed by atoms with Crippen molar-refractivity contribution in [3.05, 3.63) is 59.4 Å². The maximum Gasteiger partial charge on any atom is 0.123 e. The molecule has 0 bridgehead atoms. The Kier molecular flexibility index (Phi) is 3.99. The number of nitrogens with zero attached hydrogens (tertiary/aromatic N) is 1. The molecule has 0 aromatic heterocycles. The summed E-state index contributed by atoms with van der Waals surface area (Å²) in [4.78, 5) is 0. The highest BCUT2D eigenvalue weighted by Gasteiger charge is 2.02. The van der Waals surface area contributed by atoms with Crippen molar-refractivity contribution in [1.82, 2.24) is 0 Å². The smallest absolute Gasteiger partial charge is 0.123 e. The molecular weight excluding hydrogens is 243 g/mol. The predicted octanol–water partition coefficient (Wildman–Crippen LogP) is 3.21. The summed E-state index contributed by atoms with van der Waals surface area (Å²) in [5.74, 6) is -0.311. The van der Waals surface area contributed by atoms with E-state index < -0.39 is 0 Å². The molecular formula is C15H13FN2O. The largest absolute Gasteiger partial charge is 0.508 e. The van der Waals surface area contributed by atoms with Gasteiger partial charge in [0.15, 0.2) is 0 Å². The van der Waals surface area contributed by atoms with Crippen LogP contribution in [0.5, 0.6) is 5.75 Å². The molecule has 0 aliphatic carbocycles. The molecule has 2 aromatic rings. The van der Waals surface area contributed by atoms with Crippen molar-refractivity contribution in [2.75, 3.05) is 5.32 Å². The van der Waals surface area contributed by atoms with E-state index in [2.05, 4.69) is 11.4 Å². The lowest BCUT2D eigenvalue weighted by Crippen LogP contribution is -2.00. The number of nitriles is 1. The Morgan fingerprint density at radius 1 is 1.16 bits per heavy atom. The van der Waals surface area contributed by atoms with E-state index in [9.17, 15) is 9.50 Å². The second-order valence-electron chi connectivity index (χ2n) is 4.16. The van der Waals surface area contributed by atoms with E-state index in [1.165, 1.54) is 18.2 Å². The lowest BCUT2D eigenvalue weighted by atomic mass is 10.1. The van der Waals surface area contributed by atoms with E-state index in [1.807, 2.05) is 24.3 Å². The number of hydrogen-bond donors (Lipinski definition) is 2. The van der Waals surface area contributed by atoms with Crippen molar-refractivity contribution in [2.45, 2.75) is 13.0 Å². The highest BCUT2D eigenvalue weighted by atomic mass is 19.1. The standard InChI is InChI=1S/C15H13FN2O/c16-13-3-6-15(19)12(9-13)10-18-14-4-1-11(2-5-14)7-8-17/h1-6,9,18-19H,7,10H2. The normalized spacial score (nSPS) is 9.89. The molecule has 4 heteroatoms. The molecule has 0 saturated carbocycles. The van der Waals surface area contributed by atoms with Gasteiger partial charge in [-0.2, -0.15) is 5.26 Å². The SMILES string of the molecule is N#CCc1ccc(NCc2cc(F)ccc2O)cc1. The fourth-order valence-electron chi connectivity index (χ4n) is 1.72. The quantitative estimate of drug-likeness (QED) is 0.883. The van der Waals surface area contributed by atoms with Crippen molar-refractivity contribution in [1.29, 1.82) is 5.26 Å². The van der Waals surface area contributed by atoms with Crippen molar-refractivity contribution in [3.63, 3.8) is 0 Å². The van der Waals surface area contributed by atoms with Gasteiger partial charge in [0.25, 0.3) is 0 Å². The number of nitrogens with one attached hydrogen (secondary N) is 1. The number of benzene rings is 2. The summed E-state index contributed by atoms with van der Waals surface area (Å²) in [5.41, 5.74) is 2.30. The zero-order valence-electron chi connectivity index (χ0n) is 10.2. The van der Waals surface area contributed by atoms with Gasteiger partial charge in [0.1, 0.15) is 11.6 Å². The fourth-order valence-corrected chi connectivity index (χ4v) is 1.72. The Hall–Kier alpha value is -2.54. The fraction of sp³-hybridized carbons (Fsp3) is 0.133. The van der Waals surface area contributed by atoms with Crippen LogP contribution in [0.4, 0.5) is 10.1 Å². The van der Waals surface area contributed by atoms with Gasteiger partial charge in [0.05, 0.1) is 12.5 Å². The third-order valence-corrected chi connectivity index (χ3v) is 2.76. The molecule has 2 aromatic carbocycles. The lowest BCUT2D eigenvalue weighted by Gasteiger charge is -2.08. The molecule has 0 saturated heterocycles. The Balaban J connectivity index is 2.02. The molecule has 0 amide bonds. The first-order valence-corrected chi connectivity index (χ1v) is 5.86. The van der Waals surface area contributed by atoms with Crippen LogP contribution in [0.2, 0.25) is 0 Å². The molecule has 0 aliphatic heterocycles. The third kappa shape index (κ3) is 3.46. The van der Waals surface area contributed by atoms with Gasteiger partial charge in [-0.25, -0.2) is 4.39 Å². The van der Waals surface area contributed by atoms with Gasteiger partial charge in [-0.05, 0) is 35.9 Å². The van der Waals surface area contributed by atoms with Gasteiger partial charge >= 0.3 is 0 Å². The van der Waals surface area contributed by atoms with Crippen LogP contribution in [0.25, 0.3) is 0 Å². The zero-order chi connectivity index (χ0) is 13.7. The Morgan fingerprint density at radius 2 is 1.89 bits per heavy atom. The van der Waals surface area contributed by atoms with Crippen LogP contribution < -0.4 is 5.32 Å². The molecule has 2 N–H and O–H groups in total. The van der Waals surface area contributed by atoms with Crippen molar-refractivity contribution in [2.24, 2.45) is 0 Å². The van der Waals surface area contributed by atoms with E-state index in [-0.39, 0.29) is 11.6 Å². The Morgan fingerprint density at radius 3 is 2.58 bits per heavy atom. The van der Waals surface area contributed by atoms with Gasteiger partial charge in [-0.1, -0.05) is 12.1 Å². The van der Waals surface area contributed by atoms with E-state index in [1.54, 1.807) is 0 Å². The van der Waals surface area contributed by atoms with E-state index >= 15 is 0 Å². The van der Waals surface area contributed by atoms with E-state index in [4.69, 9.17) is 5.26 Å². The average Bonchev–Trinajstić information content (AvgIpc) is 2.42. The average molecular weight is 256 g/mol. The molecule has 0 radical (unpaired) electrons. The van der Waals surface area contributed by atoms with Gasteiger partial charge in [0, 0.05) is 17.8 Å². The summed E-state index contributed by atoms with van der Waals surface area (Å²) in [6, 6.07) is 13.3. The Bertz CT molecular complexity index is 603. The topological polar surface area (TPSA) is 56.0 Å². The molecule has 0 aliphatic rings. The zero-order valence-corrected chi connectivity index (χ0v) is 10.2. The van der Waals surface area contributed by atoms with Gasteiger partial charge < -0.3 is 10.4 Å². The molecule has 19 heavy (non-hydrogen) atoms. The maximum absolute atomic E-state index is 13.0. The third-order valence-electron chi connectivity index (χ3n) is 2.76. The summed E-state index contributed by atoms with van der Waals surface area (Å²) in [5, 5.41) is 21.2. The summed E-state index contributed by atoms with van der Waals surface area (Å²) >= 11 is 0. The molecule has 0 spiro atoms. The van der Waals surface area contributed by atoms with Crippen LogP contribution in [0.15, 0.2) is 42.5 Å². The summed E-state index contributed by atoms with van der Waals surface area (Å²) in [6.07, 6.45) is 0.380. The predicted molar refractivity (Wildman–Crippen MR) is 71.2 cm³/mol. The minimum absolute atomic E-state index is 0.0648. The van der Waals surface area contributed by atoms with Crippen molar-refractivity contribution in [3.8, 4) is 11.8 Å². The number of rotatable bonds is 4. The number of aromatic hydroxyl groups is 1. The van der Waals surface area contributed by atoms with E-state index in [0.29, 0.717) is 18.5 Å². The molecule has 96 valence electrons. The maximum atomic E-state index is 13.0. The second kappa shape index (κ2) is 5.87. The van der Waals surface area contributed by atoms with Crippen LogP contribution >= 0.6 is 0 Å². The number of hydrogen-bond acceptors (Lipinski definition) is 3. The minimum Gasteiger partial charge on any atom is -0.508 e. The second-order valence-corrected chi connectivity index (χ2v) is 4.16. The number of phenolic OH excluding ortho intramolecular Hbond substituents is 1. The number of anilines is 1. The molecule has 0 atom stereocenters. The van der Waals surface area contributed by atoms with Crippen LogP contribution in [-0.4, -0.2) is 5.11 Å². The monoisotopic (exact) mass is 256 g/mol. The summed E-state index contributed by atoms with van der Waals surface area (Å²) in [6.45, 7) is 0.335. The molecule has 2 rings (SSSR count). The molecule has 0 fully saturated rings. The Labute approximate surface area is 110 Å².